The Hall–Kier alpha value is -3.46. The third kappa shape index (κ3) is 4.43. The number of pyridine rings is 1. The van der Waals surface area contributed by atoms with Gasteiger partial charge >= 0.3 is 0 Å². The number of aromatic amines is 2. The maximum absolute atomic E-state index is 12.6. The van der Waals surface area contributed by atoms with E-state index >= 15 is 0 Å². The number of hydrogen-bond donors (Lipinski definition) is 3. The van der Waals surface area contributed by atoms with E-state index in [2.05, 4.69) is 30.9 Å². The topological polar surface area (TPSA) is 126 Å². The summed E-state index contributed by atoms with van der Waals surface area (Å²) in [5.74, 6) is 1.27. The van der Waals surface area contributed by atoms with Crippen molar-refractivity contribution in [3.05, 3.63) is 74.4 Å². The molecule has 0 bridgehead atoms. The smallest absolute Gasteiger partial charge is 0.251 e. The molecule has 1 saturated carbocycles. The fourth-order valence-corrected chi connectivity index (χ4v) is 4.07. The van der Waals surface area contributed by atoms with Crippen LogP contribution in [0, 0.1) is 0 Å². The molecule has 2 fully saturated rings. The largest absolute Gasteiger partial charge is 0.484 e. The first kappa shape index (κ1) is 20.4. The summed E-state index contributed by atoms with van der Waals surface area (Å²) in [6, 6.07) is 9.12. The number of hydrogen-bond acceptors (Lipinski definition) is 6. The van der Waals surface area contributed by atoms with E-state index in [0.717, 1.165) is 29.5 Å². The number of benzene rings is 1. The van der Waals surface area contributed by atoms with Crippen LogP contribution in [0.3, 0.4) is 0 Å². The molecule has 1 saturated heterocycles. The molecule has 32 heavy (non-hydrogen) atoms. The molecule has 0 radical (unpaired) electrons. The maximum Gasteiger partial charge on any atom is 0.251 e. The van der Waals surface area contributed by atoms with Crippen LogP contribution in [0.4, 0.5) is 0 Å². The fourth-order valence-electron chi connectivity index (χ4n) is 3.83. The predicted octanol–water partition coefficient (Wildman–Crippen LogP) is 2.71. The van der Waals surface area contributed by atoms with Crippen molar-refractivity contribution in [3.63, 3.8) is 0 Å². The molecule has 3 aromatic rings. The van der Waals surface area contributed by atoms with E-state index in [0.29, 0.717) is 41.1 Å². The number of carbonyl (C=O) groups excluding carboxylic acids is 1. The third-order valence-electron chi connectivity index (χ3n) is 5.63. The zero-order valence-electron chi connectivity index (χ0n) is 17.1. The fraction of sp³-hybridized carbons (Fsp3) is 0.318. The zero-order chi connectivity index (χ0) is 22.1. The lowest BCUT2D eigenvalue weighted by Gasteiger charge is -2.14. The molecule has 2 aromatic heterocycles. The summed E-state index contributed by atoms with van der Waals surface area (Å²) in [5.41, 5.74) is 3.03. The summed E-state index contributed by atoms with van der Waals surface area (Å²) in [6.45, 7) is 0.127. The molecule has 2 aliphatic rings. The van der Waals surface area contributed by atoms with Gasteiger partial charge in [0.05, 0.1) is 5.02 Å². The predicted molar refractivity (Wildman–Crippen MR) is 117 cm³/mol. The Bertz CT molecular complexity index is 1230. The molecule has 1 atom stereocenters. The molecule has 1 amide bonds. The molecule has 9 nitrogen and oxygen atoms in total. The summed E-state index contributed by atoms with van der Waals surface area (Å²) in [4.78, 5) is 27.4. The molecule has 3 N–H and O–H groups in total. The van der Waals surface area contributed by atoms with Crippen molar-refractivity contribution in [1.82, 2.24) is 30.9 Å². The van der Waals surface area contributed by atoms with Crippen LogP contribution in [0.2, 0.25) is 5.02 Å². The first-order chi connectivity index (χ1) is 15.6. The first-order valence-corrected chi connectivity index (χ1v) is 10.8. The number of nitrogens with zero attached hydrogens (tertiary/aromatic N) is 3. The average Bonchev–Trinajstić information content (AvgIpc) is 3.32. The van der Waals surface area contributed by atoms with Crippen molar-refractivity contribution in [3.8, 4) is 5.75 Å². The highest BCUT2D eigenvalue weighted by molar-refractivity contribution is 6.32. The first-order valence-electron chi connectivity index (χ1n) is 10.5. The lowest BCUT2D eigenvalue weighted by atomic mass is 9.98. The van der Waals surface area contributed by atoms with Crippen LogP contribution in [0.1, 0.15) is 54.2 Å². The Balaban J connectivity index is 1.46. The molecule has 1 aliphatic heterocycles. The van der Waals surface area contributed by atoms with Crippen LogP contribution in [0.25, 0.3) is 5.57 Å². The summed E-state index contributed by atoms with van der Waals surface area (Å²) in [7, 11) is 0. The maximum atomic E-state index is 12.6. The second kappa shape index (κ2) is 8.58. The molecular weight excluding hydrogens is 432 g/mol. The number of tetrazole rings is 1. The molecule has 1 aromatic carbocycles. The van der Waals surface area contributed by atoms with Gasteiger partial charge < -0.3 is 15.0 Å². The van der Waals surface area contributed by atoms with Gasteiger partial charge in [0.2, 0.25) is 11.7 Å². The van der Waals surface area contributed by atoms with Gasteiger partial charge in [0.1, 0.15) is 5.75 Å². The van der Waals surface area contributed by atoms with E-state index < -0.39 is 0 Å². The Morgan fingerprint density at radius 1 is 1.19 bits per heavy atom. The van der Waals surface area contributed by atoms with Gasteiger partial charge in [0, 0.05) is 29.3 Å². The Morgan fingerprint density at radius 2 is 2.06 bits per heavy atom. The van der Waals surface area contributed by atoms with Crippen molar-refractivity contribution >= 4 is 23.1 Å². The van der Waals surface area contributed by atoms with Crippen LogP contribution in [-0.4, -0.2) is 37.6 Å². The molecule has 10 heteroatoms. The molecular formula is C22H21ClN6O3. The van der Waals surface area contributed by atoms with Gasteiger partial charge in [0.25, 0.3) is 5.56 Å². The number of halogens is 1. The van der Waals surface area contributed by atoms with Gasteiger partial charge in [-0.05, 0) is 48.9 Å². The highest BCUT2D eigenvalue weighted by Crippen LogP contribution is 2.38. The van der Waals surface area contributed by atoms with Crippen molar-refractivity contribution < 1.29 is 9.53 Å². The van der Waals surface area contributed by atoms with Crippen LogP contribution >= 0.6 is 11.6 Å². The highest BCUT2D eigenvalue weighted by Gasteiger charge is 2.27. The van der Waals surface area contributed by atoms with Crippen LogP contribution in [-0.2, 0) is 11.4 Å². The molecule has 3 heterocycles. The second-order valence-electron chi connectivity index (χ2n) is 7.99. The molecule has 5 rings (SSSR count). The number of H-pyrrole nitrogens is 2. The number of carbonyl (C=O) groups is 1. The Morgan fingerprint density at radius 3 is 2.72 bits per heavy atom. The minimum absolute atomic E-state index is 0.0198. The normalized spacial score (nSPS) is 18.6. The van der Waals surface area contributed by atoms with Gasteiger partial charge in [0.15, 0.2) is 6.61 Å². The van der Waals surface area contributed by atoms with Gasteiger partial charge in [-0.2, -0.15) is 5.21 Å². The van der Waals surface area contributed by atoms with Gasteiger partial charge in [-0.3, -0.25) is 9.59 Å². The van der Waals surface area contributed by atoms with Crippen LogP contribution in [0.15, 0.2) is 41.2 Å². The molecule has 0 spiro atoms. The van der Waals surface area contributed by atoms with Gasteiger partial charge in [-0.15, -0.1) is 10.2 Å². The summed E-state index contributed by atoms with van der Waals surface area (Å²) >= 11 is 6.49. The Labute approximate surface area is 188 Å². The number of amides is 1. The lowest BCUT2D eigenvalue weighted by Crippen LogP contribution is -2.23. The number of rotatable bonds is 7. The van der Waals surface area contributed by atoms with Crippen LogP contribution < -0.4 is 15.6 Å². The van der Waals surface area contributed by atoms with E-state index in [1.165, 1.54) is 0 Å². The van der Waals surface area contributed by atoms with E-state index in [4.69, 9.17) is 16.3 Å². The number of ether oxygens (including phenoxy) is 1. The monoisotopic (exact) mass is 452 g/mol. The lowest BCUT2D eigenvalue weighted by molar-refractivity contribution is -0.119. The summed E-state index contributed by atoms with van der Waals surface area (Å²) < 4.78 is 5.69. The molecule has 0 unspecified atom stereocenters. The highest BCUT2D eigenvalue weighted by atomic mass is 35.5. The van der Waals surface area contributed by atoms with Crippen molar-refractivity contribution in [2.75, 3.05) is 0 Å². The Kier molecular flexibility index (Phi) is 5.48. The SMILES string of the molecule is O=C1CC[C@H](/C=C(\c2ccc(OCc3nn[nH]n3)c(Cl)c2)c2ccc(C3CC3)c(=O)[nH]2)N1. The van der Waals surface area contributed by atoms with Crippen molar-refractivity contribution in [2.24, 2.45) is 0 Å². The van der Waals surface area contributed by atoms with E-state index in [9.17, 15) is 9.59 Å². The standard InChI is InChI=1S/C22H21ClN6O3/c23-17-9-13(3-7-19(17)32-11-20-26-28-29-27-20)16(10-14-4-8-21(30)24-14)18-6-5-15(12-1-2-12)22(31)25-18/h3,5-7,9-10,12,14H,1-2,4,8,11H2,(H,24,30)(H,25,31)(H,26,27,28,29)/b16-10+/t14-/m1/s1. The second-order valence-corrected chi connectivity index (χ2v) is 8.39. The van der Waals surface area contributed by atoms with E-state index in [1.807, 2.05) is 24.3 Å². The molecule has 1 aliphatic carbocycles. The van der Waals surface area contributed by atoms with E-state index in [-0.39, 0.29) is 24.1 Å². The minimum atomic E-state index is -0.114. The van der Waals surface area contributed by atoms with Crippen LogP contribution in [0.5, 0.6) is 5.75 Å². The summed E-state index contributed by atoms with van der Waals surface area (Å²) in [6.07, 6.45) is 5.26. The number of nitrogens with one attached hydrogen (secondary N) is 3. The van der Waals surface area contributed by atoms with E-state index in [1.54, 1.807) is 12.1 Å². The summed E-state index contributed by atoms with van der Waals surface area (Å²) in [5, 5.41) is 16.9. The third-order valence-corrected chi connectivity index (χ3v) is 5.93. The van der Waals surface area contributed by atoms with Crippen molar-refractivity contribution in [1.29, 1.82) is 0 Å². The quantitative estimate of drug-likeness (QED) is 0.506. The zero-order valence-corrected chi connectivity index (χ0v) is 17.9. The van der Waals surface area contributed by atoms with Gasteiger partial charge in [-0.25, -0.2) is 0 Å². The van der Waals surface area contributed by atoms with Crippen molar-refractivity contribution in [2.45, 2.75) is 44.2 Å². The average molecular weight is 453 g/mol. The molecule has 164 valence electrons. The number of aromatic nitrogens is 5. The van der Waals surface area contributed by atoms with Gasteiger partial charge in [-0.1, -0.05) is 35.0 Å². The minimum Gasteiger partial charge on any atom is -0.484 e.